The van der Waals surface area contributed by atoms with Crippen LogP contribution in [0, 0.1) is 0 Å². The van der Waals surface area contributed by atoms with Crippen molar-refractivity contribution in [2.45, 2.75) is 40.0 Å². The third-order valence-electron chi connectivity index (χ3n) is 0. The zero-order chi connectivity index (χ0) is 6.50. The highest BCUT2D eigenvalue weighted by atomic mass is 28.3. The highest BCUT2D eigenvalue weighted by Crippen LogP contribution is 1.94. The maximum absolute atomic E-state index is 2.33. The van der Waals surface area contributed by atoms with Crippen LogP contribution in [0.2, 0.25) is 26.2 Å². The lowest BCUT2D eigenvalue weighted by atomic mass is 11.0. The van der Waals surface area contributed by atoms with Crippen LogP contribution in [0.4, 0.5) is 0 Å². The van der Waals surface area contributed by atoms with E-state index in [1.165, 1.54) is 0 Å². The van der Waals surface area contributed by atoms with Gasteiger partial charge in [0.25, 0.3) is 0 Å². The molecule has 0 atom stereocenters. The summed E-state index contributed by atoms with van der Waals surface area (Å²) in [5.41, 5.74) is 0. The lowest BCUT2D eigenvalue weighted by molar-refractivity contribution is 1.50. The SMILES string of the molecule is CC.C[Si](C)(C)C. The largest absolute Gasteiger partial charge is 0.0697 e. The lowest BCUT2D eigenvalue weighted by Crippen LogP contribution is -2.10. The van der Waals surface area contributed by atoms with Crippen LogP contribution in [0.25, 0.3) is 0 Å². The van der Waals surface area contributed by atoms with Crippen molar-refractivity contribution in [1.29, 1.82) is 0 Å². The highest BCUT2D eigenvalue weighted by Gasteiger charge is 1.99. The minimum Gasteiger partial charge on any atom is -0.0697 e. The molecule has 0 saturated heterocycles. The molecule has 0 spiro atoms. The summed E-state index contributed by atoms with van der Waals surface area (Å²) in [5, 5.41) is 0. The molecule has 0 fully saturated rings. The second-order valence-electron chi connectivity index (χ2n) is 3.00. The van der Waals surface area contributed by atoms with Crippen LogP contribution < -0.4 is 0 Å². The molecule has 0 unspecified atom stereocenters. The van der Waals surface area contributed by atoms with Crippen molar-refractivity contribution in [3.8, 4) is 0 Å². The average Bonchev–Trinajstić information content (AvgIpc) is 1.36. The summed E-state index contributed by atoms with van der Waals surface area (Å²) < 4.78 is 0. The molecule has 0 radical (unpaired) electrons. The molecule has 1 heteroatoms. The van der Waals surface area contributed by atoms with E-state index in [4.69, 9.17) is 0 Å². The van der Waals surface area contributed by atoms with Crippen LogP contribution in [0.1, 0.15) is 13.8 Å². The predicted octanol–water partition coefficient (Wildman–Crippen LogP) is 2.98. The van der Waals surface area contributed by atoms with Gasteiger partial charge in [-0.1, -0.05) is 40.0 Å². The summed E-state index contributed by atoms with van der Waals surface area (Å²) in [6, 6.07) is 0. The van der Waals surface area contributed by atoms with Gasteiger partial charge in [-0.2, -0.15) is 0 Å². The third-order valence-corrected chi connectivity index (χ3v) is 0. The molecule has 0 aromatic rings. The first kappa shape index (κ1) is 10.2. The van der Waals surface area contributed by atoms with Gasteiger partial charge in [0.1, 0.15) is 0 Å². The van der Waals surface area contributed by atoms with Gasteiger partial charge < -0.3 is 0 Å². The maximum atomic E-state index is 2.33. The second-order valence-corrected chi connectivity index (χ2v) is 9.00. The topological polar surface area (TPSA) is 0 Å². The fourth-order valence-corrected chi connectivity index (χ4v) is 0. The molecule has 46 valence electrons. The quantitative estimate of drug-likeness (QED) is 0.429. The average molecular weight is 118 g/mol. The van der Waals surface area contributed by atoms with Crippen molar-refractivity contribution in [2.24, 2.45) is 0 Å². The first-order valence-electron chi connectivity index (χ1n) is 3.00. The fourth-order valence-electron chi connectivity index (χ4n) is 0. The molecular weight excluding hydrogens is 100 g/mol. The minimum absolute atomic E-state index is 0.611. The highest BCUT2D eigenvalue weighted by molar-refractivity contribution is 6.74. The Bertz CT molecular complexity index is 19.7. The van der Waals surface area contributed by atoms with Crippen LogP contribution in [0.15, 0.2) is 0 Å². The molecule has 0 N–H and O–H groups in total. The molecule has 0 saturated carbocycles. The van der Waals surface area contributed by atoms with E-state index in [9.17, 15) is 0 Å². The monoisotopic (exact) mass is 118 g/mol. The minimum atomic E-state index is -0.611. The van der Waals surface area contributed by atoms with Gasteiger partial charge in [-0.25, -0.2) is 0 Å². The first-order chi connectivity index (χ1) is 3.00. The van der Waals surface area contributed by atoms with Crippen molar-refractivity contribution >= 4 is 8.07 Å². The molecule has 0 aliphatic carbocycles. The van der Waals surface area contributed by atoms with Crippen LogP contribution in [-0.2, 0) is 0 Å². The van der Waals surface area contributed by atoms with Gasteiger partial charge >= 0.3 is 0 Å². The molecule has 0 heterocycles. The van der Waals surface area contributed by atoms with Gasteiger partial charge in [0, 0.05) is 8.07 Å². The van der Waals surface area contributed by atoms with E-state index in [-0.39, 0.29) is 0 Å². The third kappa shape index (κ3) is 2350. The molecule has 0 bridgehead atoms. The molecule has 0 aliphatic rings. The Kier molecular flexibility index (Phi) is 6.41. The zero-order valence-corrected chi connectivity index (χ0v) is 7.50. The normalized spacial score (nSPS) is 9.43. The maximum Gasteiger partial charge on any atom is 0.0411 e. The van der Waals surface area contributed by atoms with Crippen molar-refractivity contribution in [1.82, 2.24) is 0 Å². The van der Waals surface area contributed by atoms with E-state index in [1.54, 1.807) is 0 Å². The van der Waals surface area contributed by atoms with E-state index in [2.05, 4.69) is 26.2 Å². The van der Waals surface area contributed by atoms with Crippen LogP contribution in [0.3, 0.4) is 0 Å². The summed E-state index contributed by atoms with van der Waals surface area (Å²) in [6.07, 6.45) is 0. The molecule has 0 rings (SSSR count). The molecule has 0 amide bonds. The van der Waals surface area contributed by atoms with Crippen LogP contribution in [-0.4, -0.2) is 8.07 Å². The Morgan fingerprint density at radius 2 is 0.714 bits per heavy atom. The van der Waals surface area contributed by atoms with Gasteiger partial charge in [0.15, 0.2) is 0 Å². The summed E-state index contributed by atoms with van der Waals surface area (Å²) in [4.78, 5) is 0. The Balaban J connectivity index is 0. The van der Waals surface area contributed by atoms with Crippen molar-refractivity contribution in [3.05, 3.63) is 0 Å². The zero-order valence-electron chi connectivity index (χ0n) is 6.50. The Labute approximate surface area is 49.0 Å². The van der Waals surface area contributed by atoms with E-state index in [0.717, 1.165) is 0 Å². The molecule has 7 heavy (non-hydrogen) atoms. The molecular formula is C6H18Si. The predicted molar refractivity (Wildman–Crippen MR) is 40.6 cm³/mol. The lowest BCUT2D eigenvalue weighted by Gasteiger charge is -2.01. The summed E-state index contributed by atoms with van der Waals surface area (Å²) >= 11 is 0. The summed E-state index contributed by atoms with van der Waals surface area (Å²) in [7, 11) is -0.611. The van der Waals surface area contributed by atoms with Gasteiger partial charge in [-0.05, 0) is 0 Å². The first-order valence-corrected chi connectivity index (χ1v) is 7.00. The molecule has 0 aromatic carbocycles. The van der Waals surface area contributed by atoms with Gasteiger partial charge in [0.05, 0.1) is 0 Å². The Hall–Kier alpha value is 0.217. The van der Waals surface area contributed by atoms with E-state index < -0.39 is 8.07 Å². The summed E-state index contributed by atoms with van der Waals surface area (Å²) in [6.45, 7) is 13.3. The number of rotatable bonds is 0. The Morgan fingerprint density at radius 3 is 0.714 bits per heavy atom. The Morgan fingerprint density at radius 1 is 0.714 bits per heavy atom. The van der Waals surface area contributed by atoms with Crippen molar-refractivity contribution in [3.63, 3.8) is 0 Å². The van der Waals surface area contributed by atoms with Crippen molar-refractivity contribution < 1.29 is 0 Å². The van der Waals surface area contributed by atoms with E-state index in [0.29, 0.717) is 0 Å². The van der Waals surface area contributed by atoms with Crippen molar-refractivity contribution in [2.75, 3.05) is 0 Å². The molecule has 0 nitrogen and oxygen atoms in total. The smallest absolute Gasteiger partial charge is 0.0411 e. The number of hydrogen-bond donors (Lipinski definition) is 0. The molecule has 0 aromatic heterocycles. The van der Waals surface area contributed by atoms with E-state index in [1.807, 2.05) is 13.8 Å². The van der Waals surface area contributed by atoms with Gasteiger partial charge in [0.2, 0.25) is 0 Å². The van der Waals surface area contributed by atoms with Gasteiger partial charge in [-0.3, -0.25) is 0 Å². The van der Waals surface area contributed by atoms with Gasteiger partial charge in [-0.15, -0.1) is 0 Å². The fraction of sp³-hybridized carbons (Fsp3) is 1.00. The summed E-state index contributed by atoms with van der Waals surface area (Å²) in [5.74, 6) is 0. The molecule has 0 aliphatic heterocycles. The van der Waals surface area contributed by atoms with Crippen LogP contribution >= 0.6 is 0 Å². The second kappa shape index (κ2) is 4.38. The van der Waals surface area contributed by atoms with E-state index >= 15 is 0 Å². The standard InChI is InChI=1S/C4H12Si.C2H6/c1-5(2,3)4;1-2/h1-4H3;1-2H3. The number of hydrogen-bond acceptors (Lipinski definition) is 0. The van der Waals surface area contributed by atoms with Crippen LogP contribution in [0.5, 0.6) is 0 Å².